The van der Waals surface area contributed by atoms with Crippen molar-refractivity contribution in [3.8, 4) is 0 Å². The number of imide groups is 1. The van der Waals surface area contributed by atoms with Crippen molar-refractivity contribution < 1.29 is 9.59 Å². The molecular weight excluding hydrogens is 266 g/mol. The van der Waals surface area contributed by atoms with Gasteiger partial charge >= 0.3 is 0 Å². The lowest BCUT2D eigenvalue weighted by atomic mass is 10.3. The quantitative estimate of drug-likeness (QED) is 0.857. The first kappa shape index (κ1) is 11.5. The van der Waals surface area contributed by atoms with E-state index in [-0.39, 0.29) is 18.2 Å². The molecule has 5 heteroatoms. The Morgan fingerprint density at radius 3 is 2.83 bits per heavy atom. The summed E-state index contributed by atoms with van der Waals surface area (Å²) < 4.78 is 2.26. The van der Waals surface area contributed by atoms with Crippen LogP contribution < -0.4 is 5.32 Å². The Kier molecular flexibility index (Phi) is 2.93. The van der Waals surface area contributed by atoms with Gasteiger partial charge in [-0.05, 0) is 17.5 Å². The van der Waals surface area contributed by atoms with E-state index in [0.717, 1.165) is 4.21 Å². The molecule has 0 spiro atoms. The molecular formula is C13H9NO2S2. The third-order valence-electron chi connectivity index (χ3n) is 2.56. The molecule has 90 valence electrons. The summed E-state index contributed by atoms with van der Waals surface area (Å²) >= 11 is 3.07. The number of hydrogen-bond acceptors (Lipinski definition) is 4. The minimum absolute atomic E-state index is 0.235. The van der Waals surface area contributed by atoms with Gasteiger partial charge in [0, 0.05) is 11.1 Å². The standard InChI is InChI=1S/C13H9NO2S2/c15-11-6-5-10(13(16)14-11)18-12-7-8-3-1-2-4-9(8)17-12/h1-5,7H,6H2,(H,14,15,16). The Bertz CT molecular complexity index is 639. The summed E-state index contributed by atoms with van der Waals surface area (Å²) in [5, 5.41) is 3.50. The maximum Gasteiger partial charge on any atom is 0.264 e. The molecule has 1 N–H and O–H groups in total. The molecule has 2 heterocycles. The molecule has 1 aliphatic heterocycles. The molecule has 3 rings (SSSR count). The first-order chi connectivity index (χ1) is 8.72. The fourth-order valence-corrected chi connectivity index (χ4v) is 3.93. The van der Waals surface area contributed by atoms with Gasteiger partial charge < -0.3 is 0 Å². The molecule has 1 aromatic heterocycles. The summed E-state index contributed by atoms with van der Waals surface area (Å²) in [7, 11) is 0. The monoisotopic (exact) mass is 275 g/mol. The lowest BCUT2D eigenvalue weighted by Crippen LogP contribution is -2.33. The Balaban J connectivity index is 1.88. The number of hydrogen-bond donors (Lipinski definition) is 1. The highest BCUT2D eigenvalue weighted by Gasteiger charge is 2.19. The van der Waals surface area contributed by atoms with Crippen molar-refractivity contribution in [1.82, 2.24) is 5.32 Å². The average molecular weight is 275 g/mol. The molecule has 0 radical (unpaired) electrons. The lowest BCUT2D eigenvalue weighted by Gasteiger charge is -2.10. The van der Waals surface area contributed by atoms with Crippen molar-refractivity contribution in [3.05, 3.63) is 41.3 Å². The molecule has 0 atom stereocenters. The van der Waals surface area contributed by atoms with Crippen molar-refractivity contribution in [2.24, 2.45) is 0 Å². The van der Waals surface area contributed by atoms with Crippen molar-refractivity contribution in [2.45, 2.75) is 10.6 Å². The van der Waals surface area contributed by atoms with E-state index >= 15 is 0 Å². The molecule has 0 bridgehead atoms. The van der Waals surface area contributed by atoms with Gasteiger partial charge in [-0.15, -0.1) is 11.3 Å². The zero-order valence-corrected chi connectivity index (χ0v) is 10.9. The van der Waals surface area contributed by atoms with Gasteiger partial charge in [0.1, 0.15) is 0 Å². The Labute approximate surface area is 112 Å². The van der Waals surface area contributed by atoms with Crippen LogP contribution in [0.3, 0.4) is 0 Å². The third kappa shape index (κ3) is 2.19. The van der Waals surface area contributed by atoms with Gasteiger partial charge in [-0.3, -0.25) is 14.9 Å². The highest BCUT2D eigenvalue weighted by Crippen LogP contribution is 2.37. The van der Waals surface area contributed by atoms with Crippen LogP contribution in [0.1, 0.15) is 6.42 Å². The summed E-state index contributed by atoms with van der Waals surface area (Å²) in [5.41, 5.74) is 0. The first-order valence-corrected chi connectivity index (χ1v) is 7.06. The van der Waals surface area contributed by atoms with Crippen LogP contribution in [0.5, 0.6) is 0 Å². The third-order valence-corrected chi connectivity index (χ3v) is 4.86. The molecule has 0 saturated heterocycles. The van der Waals surface area contributed by atoms with Crippen LogP contribution in [0, 0.1) is 0 Å². The number of thioether (sulfide) groups is 1. The van der Waals surface area contributed by atoms with E-state index in [1.807, 2.05) is 12.1 Å². The van der Waals surface area contributed by atoms with Crippen LogP contribution in [0.15, 0.2) is 45.5 Å². The summed E-state index contributed by atoms with van der Waals surface area (Å²) in [4.78, 5) is 23.2. The highest BCUT2D eigenvalue weighted by molar-refractivity contribution is 8.05. The molecule has 3 nitrogen and oxygen atoms in total. The zero-order valence-electron chi connectivity index (χ0n) is 9.30. The topological polar surface area (TPSA) is 46.2 Å². The first-order valence-electron chi connectivity index (χ1n) is 5.43. The molecule has 1 aromatic carbocycles. The maximum atomic E-state index is 11.6. The van der Waals surface area contributed by atoms with Gasteiger partial charge in [-0.25, -0.2) is 0 Å². The number of carbonyl (C=O) groups excluding carboxylic acids is 2. The molecule has 2 amide bonds. The molecule has 0 fully saturated rings. The van der Waals surface area contributed by atoms with Crippen LogP contribution >= 0.6 is 23.1 Å². The number of fused-ring (bicyclic) bond motifs is 1. The van der Waals surface area contributed by atoms with E-state index in [9.17, 15) is 9.59 Å². The van der Waals surface area contributed by atoms with Crippen LogP contribution in [0.25, 0.3) is 10.1 Å². The lowest BCUT2D eigenvalue weighted by molar-refractivity contribution is -0.128. The summed E-state index contributed by atoms with van der Waals surface area (Å²) in [6.07, 6.45) is 1.97. The number of benzene rings is 1. The van der Waals surface area contributed by atoms with E-state index in [2.05, 4.69) is 23.5 Å². The Morgan fingerprint density at radius 1 is 1.22 bits per heavy atom. The van der Waals surface area contributed by atoms with Gasteiger partial charge in [0.05, 0.1) is 9.11 Å². The second-order valence-electron chi connectivity index (χ2n) is 3.86. The Hall–Kier alpha value is -1.59. The minimum atomic E-state index is -0.297. The number of amides is 2. The van der Waals surface area contributed by atoms with E-state index in [1.54, 1.807) is 17.4 Å². The van der Waals surface area contributed by atoms with Crippen molar-refractivity contribution in [2.75, 3.05) is 0 Å². The normalized spacial score (nSPS) is 15.7. The largest absolute Gasteiger partial charge is 0.292 e. The number of nitrogens with one attached hydrogen (secondary N) is 1. The maximum absolute atomic E-state index is 11.6. The highest BCUT2D eigenvalue weighted by atomic mass is 32.2. The predicted molar refractivity (Wildman–Crippen MR) is 73.5 cm³/mol. The molecule has 0 saturated carbocycles. The smallest absolute Gasteiger partial charge is 0.264 e. The van der Waals surface area contributed by atoms with Gasteiger partial charge in [0.15, 0.2) is 0 Å². The van der Waals surface area contributed by atoms with Gasteiger partial charge in [-0.1, -0.05) is 36.0 Å². The average Bonchev–Trinajstić information content (AvgIpc) is 2.75. The number of carbonyl (C=O) groups is 2. The molecule has 1 aliphatic rings. The van der Waals surface area contributed by atoms with Gasteiger partial charge in [0.25, 0.3) is 5.91 Å². The SMILES string of the molecule is O=C1CC=C(Sc2cc3ccccc3s2)C(=O)N1. The van der Waals surface area contributed by atoms with Crippen LogP contribution in [-0.2, 0) is 9.59 Å². The fraction of sp³-hybridized carbons (Fsp3) is 0.0769. The minimum Gasteiger partial charge on any atom is -0.292 e. The van der Waals surface area contributed by atoms with E-state index in [4.69, 9.17) is 0 Å². The van der Waals surface area contributed by atoms with E-state index in [0.29, 0.717) is 4.91 Å². The molecule has 0 aliphatic carbocycles. The molecule has 18 heavy (non-hydrogen) atoms. The zero-order chi connectivity index (χ0) is 12.5. The number of thiophene rings is 1. The van der Waals surface area contributed by atoms with Gasteiger partial charge in [0.2, 0.25) is 5.91 Å². The van der Waals surface area contributed by atoms with E-state index in [1.165, 1.54) is 21.8 Å². The molecule has 2 aromatic rings. The second kappa shape index (κ2) is 4.59. The summed E-state index contributed by atoms with van der Waals surface area (Å²) in [6, 6.07) is 10.2. The summed E-state index contributed by atoms with van der Waals surface area (Å²) in [6.45, 7) is 0. The van der Waals surface area contributed by atoms with Crippen molar-refractivity contribution in [1.29, 1.82) is 0 Å². The van der Waals surface area contributed by atoms with Crippen molar-refractivity contribution in [3.63, 3.8) is 0 Å². The van der Waals surface area contributed by atoms with Gasteiger partial charge in [-0.2, -0.15) is 0 Å². The second-order valence-corrected chi connectivity index (χ2v) is 6.28. The Morgan fingerprint density at radius 2 is 2.06 bits per heavy atom. The van der Waals surface area contributed by atoms with Crippen LogP contribution in [0.2, 0.25) is 0 Å². The number of rotatable bonds is 2. The summed E-state index contributed by atoms with van der Waals surface area (Å²) in [5.74, 6) is -0.533. The van der Waals surface area contributed by atoms with Crippen LogP contribution in [0.4, 0.5) is 0 Å². The molecule has 0 unspecified atom stereocenters. The van der Waals surface area contributed by atoms with Crippen molar-refractivity contribution >= 4 is 45.0 Å². The fourth-order valence-electron chi connectivity index (χ4n) is 1.72. The van der Waals surface area contributed by atoms with E-state index < -0.39 is 0 Å². The van der Waals surface area contributed by atoms with Crippen LogP contribution in [-0.4, -0.2) is 11.8 Å². The predicted octanol–water partition coefficient (Wildman–Crippen LogP) is 2.92.